The highest BCUT2D eigenvalue weighted by Crippen LogP contribution is 2.47. The topological polar surface area (TPSA) is 80.2 Å². The quantitative estimate of drug-likeness (QED) is 0.792. The number of ketones is 1. The number of hydrogen-bond donors (Lipinski definition) is 2. The molecule has 0 amide bonds. The van der Waals surface area contributed by atoms with Crippen molar-refractivity contribution in [3.8, 4) is 17.2 Å². The fourth-order valence-electron chi connectivity index (χ4n) is 4.39. The molecule has 2 aliphatic rings. The SMILES string of the molecule is COc1cc([C@H]2Nc3ccccc3N=C3CC(C)(C)CC(=O)C32)cc(OC)c1O. The Kier molecular flexibility index (Phi) is 4.73. The number of Topliss-reactive ketones (excluding diaryl/α,β-unsaturated/α-hetero) is 1. The minimum Gasteiger partial charge on any atom is -0.502 e. The largest absolute Gasteiger partial charge is 0.502 e. The van der Waals surface area contributed by atoms with E-state index in [1.165, 1.54) is 14.2 Å². The number of rotatable bonds is 3. The Morgan fingerprint density at radius 3 is 2.41 bits per heavy atom. The predicted octanol–water partition coefficient (Wildman–Crippen LogP) is 4.65. The number of hydrogen-bond acceptors (Lipinski definition) is 6. The zero-order valence-corrected chi connectivity index (χ0v) is 17.2. The first kappa shape index (κ1) is 19.3. The van der Waals surface area contributed by atoms with Crippen LogP contribution >= 0.6 is 0 Å². The van der Waals surface area contributed by atoms with Gasteiger partial charge in [0.05, 0.1) is 37.6 Å². The third kappa shape index (κ3) is 3.43. The van der Waals surface area contributed by atoms with E-state index in [-0.39, 0.29) is 23.0 Å². The van der Waals surface area contributed by atoms with E-state index in [1.807, 2.05) is 24.3 Å². The Balaban J connectivity index is 1.89. The Morgan fingerprint density at radius 1 is 1.10 bits per heavy atom. The summed E-state index contributed by atoms with van der Waals surface area (Å²) in [7, 11) is 2.99. The number of nitrogens with one attached hydrogen (secondary N) is 1. The van der Waals surface area contributed by atoms with Crippen LogP contribution in [0.15, 0.2) is 41.4 Å². The van der Waals surface area contributed by atoms with Crippen LogP contribution in [0.2, 0.25) is 0 Å². The van der Waals surface area contributed by atoms with E-state index < -0.39 is 5.92 Å². The average Bonchev–Trinajstić information content (AvgIpc) is 2.83. The highest BCUT2D eigenvalue weighted by atomic mass is 16.5. The number of phenolic OH excluding ortho intramolecular Hbond substituents is 1. The molecular formula is C23H26N2O4. The minimum absolute atomic E-state index is 0.0576. The van der Waals surface area contributed by atoms with Crippen molar-refractivity contribution in [3.05, 3.63) is 42.0 Å². The summed E-state index contributed by atoms with van der Waals surface area (Å²) >= 11 is 0. The van der Waals surface area contributed by atoms with Crippen LogP contribution in [-0.2, 0) is 4.79 Å². The first-order valence-corrected chi connectivity index (χ1v) is 9.73. The molecule has 0 aromatic heterocycles. The van der Waals surface area contributed by atoms with E-state index in [0.29, 0.717) is 17.9 Å². The van der Waals surface area contributed by atoms with Gasteiger partial charge in [0.1, 0.15) is 5.78 Å². The number of aliphatic imine (C=N–C) groups is 1. The van der Waals surface area contributed by atoms with Crippen LogP contribution in [0.4, 0.5) is 11.4 Å². The number of nitrogens with zero attached hydrogens (tertiary/aromatic N) is 1. The van der Waals surface area contributed by atoms with E-state index in [2.05, 4.69) is 19.2 Å². The van der Waals surface area contributed by atoms with Crippen LogP contribution in [0.5, 0.6) is 17.2 Å². The van der Waals surface area contributed by atoms with Gasteiger partial charge in [-0.2, -0.15) is 0 Å². The van der Waals surface area contributed by atoms with Crippen molar-refractivity contribution in [1.82, 2.24) is 0 Å². The highest BCUT2D eigenvalue weighted by molar-refractivity contribution is 6.10. The first-order valence-electron chi connectivity index (χ1n) is 9.73. The summed E-state index contributed by atoms with van der Waals surface area (Å²) in [5, 5.41) is 13.8. The van der Waals surface area contributed by atoms with E-state index in [4.69, 9.17) is 14.5 Å². The van der Waals surface area contributed by atoms with E-state index in [1.54, 1.807) is 12.1 Å². The molecular weight excluding hydrogens is 368 g/mol. The molecule has 0 spiro atoms. The summed E-state index contributed by atoms with van der Waals surface area (Å²) < 4.78 is 10.7. The second-order valence-corrected chi connectivity index (χ2v) is 8.48. The van der Waals surface area contributed by atoms with Gasteiger partial charge < -0.3 is 19.9 Å². The third-order valence-electron chi connectivity index (χ3n) is 5.69. The number of aromatic hydroxyl groups is 1. The molecule has 1 fully saturated rings. The first-order chi connectivity index (χ1) is 13.8. The molecule has 1 aliphatic carbocycles. The lowest BCUT2D eigenvalue weighted by molar-refractivity contribution is -0.124. The van der Waals surface area contributed by atoms with Crippen molar-refractivity contribution in [2.75, 3.05) is 19.5 Å². The Bertz CT molecular complexity index is 971. The number of para-hydroxylation sites is 2. The van der Waals surface area contributed by atoms with Gasteiger partial charge in [-0.05, 0) is 41.7 Å². The molecule has 152 valence electrons. The number of benzene rings is 2. The summed E-state index contributed by atoms with van der Waals surface area (Å²) in [5.41, 5.74) is 3.27. The average molecular weight is 394 g/mol. The molecule has 1 saturated carbocycles. The van der Waals surface area contributed by atoms with Gasteiger partial charge >= 0.3 is 0 Å². The van der Waals surface area contributed by atoms with Crippen LogP contribution in [0.25, 0.3) is 0 Å². The molecule has 0 bridgehead atoms. The van der Waals surface area contributed by atoms with Crippen LogP contribution in [-0.4, -0.2) is 30.8 Å². The van der Waals surface area contributed by atoms with Crippen molar-refractivity contribution < 1.29 is 19.4 Å². The Morgan fingerprint density at radius 2 is 1.76 bits per heavy atom. The van der Waals surface area contributed by atoms with Crippen LogP contribution in [0, 0.1) is 11.3 Å². The Labute approximate surface area is 170 Å². The Hall–Kier alpha value is -3.02. The van der Waals surface area contributed by atoms with E-state index in [0.717, 1.165) is 29.1 Å². The normalized spacial score (nSPS) is 22.5. The molecule has 4 rings (SSSR count). The lowest BCUT2D eigenvalue weighted by atomic mass is 9.68. The van der Waals surface area contributed by atoms with Crippen molar-refractivity contribution in [3.63, 3.8) is 0 Å². The fourth-order valence-corrected chi connectivity index (χ4v) is 4.39. The van der Waals surface area contributed by atoms with Crippen LogP contribution in [0.1, 0.15) is 38.3 Å². The van der Waals surface area contributed by atoms with E-state index >= 15 is 0 Å². The molecule has 2 atom stereocenters. The molecule has 2 aromatic carbocycles. The summed E-state index contributed by atoms with van der Waals surface area (Å²) in [4.78, 5) is 18.2. The zero-order valence-electron chi connectivity index (χ0n) is 17.2. The number of anilines is 1. The maximum Gasteiger partial charge on any atom is 0.200 e. The molecule has 6 nitrogen and oxygen atoms in total. The molecule has 6 heteroatoms. The second kappa shape index (κ2) is 7.10. The number of carbonyl (C=O) groups is 1. The van der Waals surface area contributed by atoms with E-state index in [9.17, 15) is 9.90 Å². The van der Waals surface area contributed by atoms with Gasteiger partial charge in [-0.25, -0.2) is 0 Å². The lowest BCUT2D eigenvalue weighted by Gasteiger charge is -2.37. The van der Waals surface area contributed by atoms with Gasteiger partial charge in [-0.1, -0.05) is 26.0 Å². The molecule has 0 saturated heterocycles. The molecule has 1 aliphatic heterocycles. The van der Waals surface area contributed by atoms with Crippen molar-refractivity contribution >= 4 is 22.9 Å². The van der Waals surface area contributed by atoms with Gasteiger partial charge in [-0.3, -0.25) is 9.79 Å². The third-order valence-corrected chi connectivity index (χ3v) is 5.69. The van der Waals surface area contributed by atoms with Gasteiger partial charge in [0.25, 0.3) is 0 Å². The molecule has 1 heterocycles. The molecule has 0 radical (unpaired) electrons. The van der Waals surface area contributed by atoms with Gasteiger partial charge in [0.2, 0.25) is 5.75 Å². The molecule has 2 N–H and O–H groups in total. The number of ether oxygens (including phenoxy) is 2. The van der Waals surface area contributed by atoms with Gasteiger partial charge in [0, 0.05) is 12.1 Å². The standard InChI is InChI=1S/C23H26N2O4/c1-23(2)11-16-20(17(26)12-23)21(25-15-8-6-5-7-14(15)24-16)13-9-18(28-3)22(27)19(10-13)29-4/h5-10,20-21,25,27H,11-12H2,1-4H3/t20?,21-/m1/s1. The number of fused-ring (bicyclic) bond motifs is 2. The summed E-state index contributed by atoms with van der Waals surface area (Å²) in [6.45, 7) is 4.21. The van der Waals surface area contributed by atoms with Crippen LogP contribution < -0.4 is 14.8 Å². The maximum atomic E-state index is 13.3. The van der Waals surface area contributed by atoms with Crippen molar-refractivity contribution in [1.29, 1.82) is 0 Å². The van der Waals surface area contributed by atoms with Gasteiger partial charge in [0.15, 0.2) is 11.5 Å². The minimum atomic E-state index is -0.394. The summed E-state index contributed by atoms with van der Waals surface area (Å²) in [6.07, 6.45) is 1.25. The molecule has 29 heavy (non-hydrogen) atoms. The molecule has 2 aromatic rings. The van der Waals surface area contributed by atoms with Crippen molar-refractivity contribution in [2.45, 2.75) is 32.7 Å². The number of phenols is 1. The zero-order chi connectivity index (χ0) is 20.8. The van der Waals surface area contributed by atoms with Crippen LogP contribution in [0.3, 0.4) is 0 Å². The second-order valence-electron chi connectivity index (χ2n) is 8.48. The van der Waals surface area contributed by atoms with Gasteiger partial charge in [-0.15, -0.1) is 0 Å². The molecule has 1 unspecified atom stereocenters. The fraction of sp³-hybridized carbons (Fsp3) is 0.391. The number of methoxy groups -OCH3 is 2. The van der Waals surface area contributed by atoms with Crippen molar-refractivity contribution in [2.24, 2.45) is 16.3 Å². The maximum absolute atomic E-state index is 13.3. The lowest BCUT2D eigenvalue weighted by Crippen LogP contribution is -2.42. The summed E-state index contributed by atoms with van der Waals surface area (Å²) in [6, 6.07) is 11.0. The number of carbonyl (C=O) groups excluding carboxylic acids is 1. The predicted molar refractivity (Wildman–Crippen MR) is 113 cm³/mol. The smallest absolute Gasteiger partial charge is 0.200 e. The monoisotopic (exact) mass is 394 g/mol. The summed E-state index contributed by atoms with van der Waals surface area (Å²) in [5.74, 6) is 0.324. The highest BCUT2D eigenvalue weighted by Gasteiger charge is 2.44.